The molecule has 3 rings (SSSR count). The monoisotopic (exact) mass is 277 g/mol. The van der Waals surface area contributed by atoms with Crippen LogP contribution in [0.15, 0.2) is 36.5 Å². The van der Waals surface area contributed by atoms with Crippen molar-refractivity contribution in [1.29, 1.82) is 0 Å². The van der Waals surface area contributed by atoms with Gasteiger partial charge >= 0.3 is 0 Å². The van der Waals surface area contributed by atoms with Crippen LogP contribution in [0.4, 0.5) is 8.78 Å². The Morgan fingerprint density at radius 2 is 2.05 bits per heavy atom. The van der Waals surface area contributed by atoms with E-state index in [-0.39, 0.29) is 0 Å². The molecule has 0 bridgehead atoms. The molecule has 0 aliphatic carbocycles. The number of benzene rings is 1. The number of imidazole rings is 1. The van der Waals surface area contributed by atoms with Crippen LogP contribution in [-0.2, 0) is 6.54 Å². The second-order valence-corrected chi connectivity index (χ2v) is 4.53. The molecule has 0 spiro atoms. The molecule has 0 aliphatic heterocycles. The summed E-state index contributed by atoms with van der Waals surface area (Å²) in [4.78, 5) is 7.26. The molecule has 1 N–H and O–H groups in total. The fourth-order valence-electron chi connectivity index (χ4n) is 1.96. The van der Waals surface area contributed by atoms with Gasteiger partial charge in [-0.15, -0.1) is 0 Å². The van der Waals surface area contributed by atoms with Crippen molar-refractivity contribution in [2.45, 2.75) is 6.54 Å². The van der Waals surface area contributed by atoms with Crippen molar-refractivity contribution in [3.05, 3.63) is 58.5 Å². The zero-order chi connectivity index (χ0) is 13.4. The van der Waals surface area contributed by atoms with E-state index in [0.717, 1.165) is 11.6 Å². The zero-order valence-electron chi connectivity index (χ0n) is 9.73. The summed E-state index contributed by atoms with van der Waals surface area (Å²) >= 11 is 5.21. The van der Waals surface area contributed by atoms with Crippen LogP contribution in [0.25, 0.3) is 11.2 Å². The van der Waals surface area contributed by atoms with Gasteiger partial charge in [-0.25, -0.2) is 13.8 Å². The summed E-state index contributed by atoms with van der Waals surface area (Å²) in [7, 11) is 0. The summed E-state index contributed by atoms with van der Waals surface area (Å²) < 4.78 is 28.3. The van der Waals surface area contributed by atoms with Gasteiger partial charge in [0.1, 0.15) is 0 Å². The second kappa shape index (κ2) is 4.55. The Kier molecular flexibility index (Phi) is 2.87. The van der Waals surface area contributed by atoms with Crippen molar-refractivity contribution in [2.75, 3.05) is 0 Å². The maximum atomic E-state index is 13.2. The first-order valence-electron chi connectivity index (χ1n) is 5.62. The molecule has 0 atom stereocenters. The number of aromatic amines is 1. The summed E-state index contributed by atoms with van der Waals surface area (Å²) in [6.45, 7) is 0.340. The number of aromatic nitrogens is 3. The van der Waals surface area contributed by atoms with Gasteiger partial charge < -0.3 is 4.98 Å². The Balaban J connectivity index is 2.08. The highest BCUT2D eigenvalue weighted by Gasteiger charge is 2.07. The second-order valence-electron chi connectivity index (χ2n) is 4.14. The molecule has 2 heterocycles. The highest BCUT2D eigenvalue weighted by molar-refractivity contribution is 7.71. The summed E-state index contributed by atoms with van der Waals surface area (Å²) in [5, 5.41) is 0. The summed E-state index contributed by atoms with van der Waals surface area (Å²) in [6, 6.07) is 7.47. The minimum Gasteiger partial charge on any atom is -0.329 e. The number of fused-ring (bicyclic) bond motifs is 1. The van der Waals surface area contributed by atoms with Gasteiger partial charge in [0.15, 0.2) is 22.1 Å². The van der Waals surface area contributed by atoms with Crippen molar-refractivity contribution < 1.29 is 8.78 Å². The van der Waals surface area contributed by atoms with E-state index in [1.807, 2.05) is 6.07 Å². The first kappa shape index (κ1) is 12.0. The molecule has 0 aliphatic rings. The van der Waals surface area contributed by atoms with Crippen LogP contribution >= 0.6 is 12.2 Å². The lowest BCUT2D eigenvalue weighted by molar-refractivity contribution is 0.506. The summed E-state index contributed by atoms with van der Waals surface area (Å²) in [6.07, 6.45) is 1.66. The minimum absolute atomic E-state index is 0.340. The topological polar surface area (TPSA) is 33.6 Å². The van der Waals surface area contributed by atoms with E-state index in [9.17, 15) is 8.78 Å². The third-order valence-corrected chi connectivity index (χ3v) is 3.18. The first-order chi connectivity index (χ1) is 9.15. The molecular weight excluding hydrogens is 268 g/mol. The van der Waals surface area contributed by atoms with Crippen LogP contribution in [-0.4, -0.2) is 14.5 Å². The Bertz CT molecular complexity index is 807. The average Bonchev–Trinajstić information content (AvgIpc) is 2.71. The van der Waals surface area contributed by atoms with Gasteiger partial charge in [0.05, 0.1) is 12.1 Å². The van der Waals surface area contributed by atoms with Crippen LogP contribution < -0.4 is 0 Å². The van der Waals surface area contributed by atoms with Gasteiger partial charge in [0.25, 0.3) is 0 Å². The number of halogens is 2. The predicted octanol–water partition coefficient (Wildman–Crippen LogP) is 3.42. The third kappa shape index (κ3) is 2.15. The molecule has 0 saturated heterocycles. The van der Waals surface area contributed by atoms with Gasteiger partial charge in [-0.2, -0.15) is 0 Å². The third-order valence-electron chi connectivity index (χ3n) is 2.85. The van der Waals surface area contributed by atoms with E-state index in [1.54, 1.807) is 16.8 Å². The van der Waals surface area contributed by atoms with Crippen LogP contribution in [0.2, 0.25) is 0 Å². The maximum Gasteiger partial charge on any atom is 0.179 e. The molecule has 2 aromatic heterocycles. The molecule has 1 aromatic carbocycles. The molecule has 6 heteroatoms. The van der Waals surface area contributed by atoms with E-state index >= 15 is 0 Å². The Morgan fingerprint density at radius 1 is 1.21 bits per heavy atom. The van der Waals surface area contributed by atoms with Crippen molar-refractivity contribution in [3.63, 3.8) is 0 Å². The number of nitrogens with one attached hydrogen (secondary N) is 1. The predicted molar refractivity (Wildman–Crippen MR) is 70.4 cm³/mol. The zero-order valence-corrected chi connectivity index (χ0v) is 10.5. The van der Waals surface area contributed by atoms with E-state index in [4.69, 9.17) is 12.2 Å². The van der Waals surface area contributed by atoms with Crippen LogP contribution in [0.5, 0.6) is 0 Å². The smallest absolute Gasteiger partial charge is 0.179 e. The number of pyridine rings is 1. The molecule has 19 heavy (non-hydrogen) atoms. The van der Waals surface area contributed by atoms with Gasteiger partial charge in [-0.3, -0.25) is 4.57 Å². The molecule has 0 unspecified atom stereocenters. The fraction of sp³-hybridized carbons (Fsp3) is 0.0769. The van der Waals surface area contributed by atoms with Crippen molar-refractivity contribution in [3.8, 4) is 0 Å². The first-order valence-corrected chi connectivity index (χ1v) is 6.03. The van der Waals surface area contributed by atoms with Crippen LogP contribution in [0.3, 0.4) is 0 Å². The Hall–Kier alpha value is -2.08. The molecule has 0 fully saturated rings. The largest absolute Gasteiger partial charge is 0.329 e. The van der Waals surface area contributed by atoms with Gasteiger partial charge in [0, 0.05) is 6.20 Å². The number of nitrogens with zero attached hydrogens (tertiary/aromatic N) is 2. The number of H-pyrrole nitrogens is 1. The van der Waals surface area contributed by atoms with Crippen LogP contribution in [0, 0.1) is 16.4 Å². The van der Waals surface area contributed by atoms with Gasteiger partial charge in [0.2, 0.25) is 0 Å². The molecular formula is C13H9F2N3S. The Labute approximate surface area is 112 Å². The molecule has 96 valence electrons. The lowest BCUT2D eigenvalue weighted by Crippen LogP contribution is -2.01. The van der Waals surface area contributed by atoms with Gasteiger partial charge in [-0.1, -0.05) is 6.07 Å². The van der Waals surface area contributed by atoms with Crippen molar-refractivity contribution in [1.82, 2.24) is 14.5 Å². The number of hydrogen-bond acceptors (Lipinski definition) is 2. The lowest BCUT2D eigenvalue weighted by atomic mass is 10.2. The van der Waals surface area contributed by atoms with Crippen LogP contribution in [0.1, 0.15) is 5.56 Å². The molecule has 0 radical (unpaired) electrons. The van der Waals surface area contributed by atoms with Gasteiger partial charge in [-0.05, 0) is 42.0 Å². The lowest BCUT2D eigenvalue weighted by Gasteiger charge is -2.04. The SMILES string of the molecule is Fc1ccc(Cn2c(=S)[nH]c3cccnc32)cc1F. The summed E-state index contributed by atoms with van der Waals surface area (Å²) in [5.74, 6) is -1.72. The molecule has 0 amide bonds. The number of rotatable bonds is 2. The number of hydrogen-bond donors (Lipinski definition) is 1. The molecule has 0 saturated carbocycles. The minimum atomic E-state index is -0.864. The standard InChI is InChI=1S/C13H9F2N3S/c14-9-4-3-8(6-10(9)15)7-18-12-11(17-13(18)19)2-1-5-16-12/h1-6H,7H2,(H,17,19). The van der Waals surface area contributed by atoms with Crippen molar-refractivity contribution >= 4 is 23.4 Å². The molecule has 3 nitrogen and oxygen atoms in total. The highest BCUT2D eigenvalue weighted by Crippen LogP contribution is 2.15. The summed E-state index contributed by atoms with van der Waals surface area (Å²) in [5.41, 5.74) is 2.13. The highest BCUT2D eigenvalue weighted by atomic mass is 32.1. The van der Waals surface area contributed by atoms with Crippen molar-refractivity contribution in [2.24, 2.45) is 0 Å². The van der Waals surface area contributed by atoms with E-state index < -0.39 is 11.6 Å². The van der Waals surface area contributed by atoms with E-state index in [1.165, 1.54) is 12.1 Å². The fourth-order valence-corrected chi connectivity index (χ4v) is 2.22. The average molecular weight is 277 g/mol. The normalized spacial score (nSPS) is 11.1. The van der Waals surface area contributed by atoms with E-state index in [2.05, 4.69) is 9.97 Å². The van der Waals surface area contributed by atoms with E-state index in [0.29, 0.717) is 22.5 Å². The quantitative estimate of drug-likeness (QED) is 0.728. The molecule has 3 aromatic rings. The maximum absolute atomic E-state index is 13.2. The Morgan fingerprint density at radius 3 is 2.84 bits per heavy atom.